The molecule has 4 aromatic rings. The fourth-order valence-electron chi connectivity index (χ4n) is 2.82. The summed E-state index contributed by atoms with van der Waals surface area (Å²) < 4.78 is 9.07. The van der Waals surface area contributed by atoms with Crippen molar-refractivity contribution in [3.8, 4) is 17.4 Å². The number of benzene rings is 1. The zero-order chi connectivity index (χ0) is 21.3. The Morgan fingerprint density at radius 1 is 1.10 bits per heavy atom. The molecule has 0 unspecified atom stereocenters. The van der Waals surface area contributed by atoms with Gasteiger partial charge in [0.1, 0.15) is 12.1 Å². The third-order valence-corrected chi connectivity index (χ3v) is 4.67. The zero-order valence-corrected chi connectivity index (χ0v) is 17.0. The molecule has 0 aliphatic heterocycles. The van der Waals surface area contributed by atoms with Crippen molar-refractivity contribution in [2.45, 2.75) is 20.8 Å². The predicted molar refractivity (Wildman–Crippen MR) is 109 cm³/mol. The number of nitrogens with one attached hydrogen (secondary N) is 1. The molecule has 0 aliphatic rings. The van der Waals surface area contributed by atoms with Crippen LogP contribution in [-0.2, 0) is 7.05 Å². The highest BCUT2D eigenvalue weighted by Gasteiger charge is 2.12. The number of anilines is 1. The minimum absolute atomic E-state index is 0.241. The van der Waals surface area contributed by atoms with Crippen molar-refractivity contribution in [2.75, 3.05) is 5.32 Å². The summed E-state index contributed by atoms with van der Waals surface area (Å²) in [7, 11) is 1.70. The quantitative estimate of drug-likeness (QED) is 0.544. The number of aromatic nitrogens is 7. The van der Waals surface area contributed by atoms with Gasteiger partial charge in [-0.15, -0.1) is 5.10 Å². The molecular formula is C20H20N8O2. The van der Waals surface area contributed by atoms with Crippen molar-refractivity contribution in [1.29, 1.82) is 0 Å². The van der Waals surface area contributed by atoms with E-state index >= 15 is 0 Å². The Balaban J connectivity index is 1.47. The second-order valence-corrected chi connectivity index (χ2v) is 6.78. The molecule has 0 bridgehead atoms. The average molecular weight is 404 g/mol. The van der Waals surface area contributed by atoms with E-state index in [0.29, 0.717) is 23.1 Å². The van der Waals surface area contributed by atoms with E-state index in [1.807, 2.05) is 20.8 Å². The van der Waals surface area contributed by atoms with Gasteiger partial charge in [0, 0.05) is 24.5 Å². The summed E-state index contributed by atoms with van der Waals surface area (Å²) in [6.45, 7) is 5.98. The molecule has 0 saturated carbocycles. The molecule has 0 spiro atoms. The van der Waals surface area contributed by atoms with Crippen LogP contribution in [0.25, 0.3) is 5.82 Å². The Bertz CT molecular complexity index is 1210. The molecule has 1 aromatic carbocycles. The Hall–Kier alpha value is -4.08. The van der Waals surface area contributed by atoms with Gasteiger partial charge < -0.3 is 10.1 Å². The summed E-state index contributed by atoms with van der Waals surface area (Å²) in [5, 5.41) is 14.8. The van der Waals surface area contributed by atoms with Gasteiger partial charge >= 0.3 is 0 Å². The van der Waals surface area contributed by atoms with Crippen molar-refractivity contribution < 1.29 is 9.53 Å². The Morgan fingerprint density at radius 3 is 2.50 bits per heavy atom. The van der Waals surface area contributed by atoms with Crippen LogP contribution in [0.2, 0.25) is 0 Å². The number of nitrogens with zero attached hydrogens (tertiary/aromatic N) is 7. The van der Waals surface area contributed by atoms with Crippen LogP contribution >= 0.6 is 0 Å². The van der Waals surface area contributed by atoms with Crippen LogP contribution in [-0.4, -0.2) is 40.6 Å². The fraction of sp³-hybridized carbons (Fsp3) is 0.200. The van der Waals surface area contributed by atoms with E-state index in [1.54, 1.807) is 48.3 Å². The van der Waals surface area contributed by atoms with E-state index in [4.69, 9.17) is 4.74 Å². The molecule has 10 nitrogen and oxygen atoms in total. The number of ether oxygens (including phenoxy) is 1. The molecule has 10 heteroatoms. The van der Waals surface area contributed by atoms with Gasteiger partial charge in [0.15, 0.2) is 11.5 Å². The Labute approximate surface area is 172 Å². The van der Waals surface area contributed by atoms with Gasteiger partial charge in [-0.25, -0.2) is 14.6 Å². The van der Waals surface area contributed by atoms with Crippen molar-refractivity contribution in [3.05, 3.63) is 65.5 Å². The molecule has 0 atom stereocenters. The highest BCUT2D eigenvalue weighted by Crippen LogP contribution is 2.23. The highest BCUT2D eigenvalue weighted by atomic mass is 16.5. The number of rotatable bonds is 5. The summed E-state index contributed by atoms with van der Waals surface area (Å²) in [6.07, 6.45) is 2.98. The van der Waals surface area contributed by atoms with Gasteiger partial charge in [-0.3, -0.25) is 9.48 Å². The lowest BCUT2D eigenvalue weighted by Gasteiger charge is -2.08. The van der Waals surface area contributed by atoms with Gasteiger partial charge in [0.2, 0.25) is 5.88 Å². The smallest absolute Gasteiger partial charge is 0.277 e. The van der Waals surface area contributed by atoms with Crippen LogP contribution in [0.4, 0.5) is 5.69 Å². The second-order valence-electron chi connectivity index (χ2n) is 6.78. The van der Waals surface area contributed by atoms with Crippen LogP contribution in [0, 0.1) is 20.8 Å². The first-order valence-electron chi connectivity index (χ1n) is 9.21. The van der Waals surface area contributed by atoms with Gasteiger partial charge in [0.05, 0.1) is 11.9 Å². The average Bonchev–Trinajstić information content (AvgIpc) is 3.28. The fourth-order valence-corrected chi connectivity index (χ4v) is 2.82. The lowest BCUT2D eigenvalue weighted by Crippen LogP contribution is -2.12. The molecule has 4 rings (SSSR count). The molecule has 152 valence electrons. The molecule has 0 fully saturated rings. The number of carbonyl (C=O) groups is 1. The highest BCUT2D eigenvalue weighted by molar-refractivity contribution is 6.02. The first-order valence-corrected chi connectivity index (χ1v) is 9.21. The van der Waals surface area contributed by atoms with E-state index in [1.165, 1.54) is 11.0 Å². The molecule has 0 aliphatic carbocycles. The van der Waals surface area contributed by atoms with Crippen molar-refractivity contribution >= 4 is 11.6 Å². The normalized spacial score (nSPS) is 10.8. The number of hydrogen-bond donors (Lipinski definition) is 1. The summed E-state index contributed by atoms with van der Waals surface area (Å²) >= 11 is 0. The van der Waals surface area contributed by atoms with Gasteiger partial charge in [0.25, 0.3) is 5.91 Å². The second kappa shape index (κ2) is 7.74. The summed E-state index contributed by atoms with van der Waals surface area (Å²) in [6, 6.07) is 8.66. The molecule has 1 N–H and O–H groups in total. The summed E-state index contributed by atoms with van der Waals surface area (Å²) in [5.41, 5.74) is 3.94. The molecule has 3 heterocycles. The van der Waals surface area contributed by atoms with E-state index in [-0.39, 0.29) is 11.6 Å². The molecule has 0 radical (unpaired) electrons. The standard InChI is InChI=1S/C20H20N8O2/c1-12-13(2)25-28(14(12)3)18-9-19(22-11-21-18)30-16-7-5-15(6-8-16)23-20(29)17-10-27(4)26-24-17/h5-11H,1-4H3,(H,23,29). The van der Waals surface area contributed by atoms with Crippen LogP contribution < -0.4 is 10.1 Å². The third kappa shape index (κ3) is 3.88. The van der Waals surface area contributed by atoms with Crippen LogP contribution in [0.3, 0.4) is 0 Å². The number of aryl methyl sites for hydroxylation is 2. The molecular weight excluding hydrogens is 384 g/mol. The number of amides is 1. The van der Waals surface area contributed by atoms with E-state index < -0.39 is 0 Å². The third-order valence-electron chi connectivity index (χ3n) is 4.67. The largest absolute Gasteiger partial charge is 0.439 e. The number of hydrogen-bond acceptors (Lipinski definition) is 7. The SMILES string of the molecule is Cc1nn(-c2cc(Oc3ccc(NC(=O)c4cn(C)nn4)cc3)ncn2)c(C)c1C. The first-order chi connectivity index (χ1) is 14.4. The predicted octanol–water partition coefficient (Wildman–Crippen LogP) is 2.76. The Morgan fingerprint density at radius 2 is 1.87 bits per heavy atom. The van der Waals surface area contributed by atoms with Crippen molar-refractivity contribution in [1.82, 2.24) is 34.7 Å². The lowest BCUT2D eigenvalue weighted by molar-refractivity contribution is 0.102. The summed E-state index contributed by atoms with van der Waals surface area (Å²) in [5.74, 6) is 1.25. The molecule has 3 aromatic heterocycles. The van der Waals surface area contributed by atoms with Crippen LogP contribution in [0.5, 0.6) is 11.6 Å². The number of carbonyl (C=O) groups excluding carboxylic acids is 1. The molecule has 1 amide bonds. The van der Waals surface area contributed by atoms with E-state index in [0.717, 1.165) is 17.0 Å². The van der Waals surface area contributed by atoms with E-state index in [2.05, 4.69) is 30.7 Å². The maximum absolute atomic E-state index is 12.1. The van der Waals surface area contributed by atoms with E-state index in [9.17, 15) is 4.79 Å². The van der Waals surface area contributed by atoms with Gasteiger partial charge in [-0.2, -0.15) is 5.10 Å². The monoisotopic (exact) mass is 404 g/mol. The van der Waals surface area contributed by atoms with Crippen molar-refractivity contribution in [3.63, 3.8) is 0 Å². The van der Waals surface area contributed by atoms with Crippen molar-refractivity contribution in [2.24, 2.45) is 7.05 Å². The zero-order valence-electron chi connectivity index (χ0n) is 17.0. The van der Waals surface area contributed by atoms with Crippen LogP contribution in [0.1, 0.15) is 27.4 Å². The lowest BCUT2D eigenvalue weighted by atomic mass is 10.2. The van der Waals surface area contributed by atoms with Gasteiger partial charge in [-0.05, 0) is 50.6 Å². The molecule has 0 saturated heterocycles. The molecule has 30 heavy (non-hydrogen) atoms. The minimum Gasteiger partial charge on any atom is -0.439 e. The maximum atomic E-state index is 12.1. The van der Waals surface area contributed by atoms with Gasteiger partial charge in [-0.1, -0.05) is 5.21 Å². The Kier molecular flexibility index (Phi) is 4.97. The minimum atomic E-state index is -0.336. The maximum Gasteiger partial charge on any atom is 0.277 e. The topological polar surface area (TPSA) is 113 Å². The first kappa shape index (κ1) is 19.2. The van der Waals surface area contributed by atoms with Crippen LogP contribution in [0.15, 0.2) is 42.9 Å². The summed E-state index contributed by atoms with van der Waals surface area (Å²) in [4.78, 5) is 20.6.